The lowest BCUT2D eigenvalue weighted by atomic mass is 9.76. The van der Waals surface area contributed by atoms with Crippen LogP contribution in [-0.4, -0.2) is 19.7 Å². The summed E-state index contributed by atoms with van der Waals surface area (Å²) >= 11 is 0. The van der Waals surface area contributed by atoms with E-state index in [-0.39, 0.29) is 22.1 Å². The molecule has 2 nitrogen and oxygen atoms in total. The Morgan fingerprint density at radius 1 is 0.962 bits per heavy atom. The predicted molar refractivity (Wildman–Crippen MR) is 110 cm³/mol. The third kappa shape index (κ3) is 3.59. The maximum Gasteiger partial charge on any atom is 0.139 e. The second-order valence-corrected chi connectivity index (χ2v) is 9.97. The maximum absolute atomic E-state index is 14.4. The fourth-order valence-electron chi connectivity index (χ4n) is 4.42. The minimum atomic E-state index is -0.829. The lowest BCUT2D eigenvalue weighted by Gasteiger charge is -2.44. The Hall–Kier alpha value is -1.99. The van der Waals surface area contributed by atoms with Gasteiger partial charge in [0.2, 0.25) is 0 Å². The first kappa shape index (κ1) is 20.3. The number of hydrogen-bond donors (Lipinski definition) is 2. The predicted octanol–water partition coefficient (Wildman–Crippen LogP) is 4.99. The molecule has 0 unspecified atom stereocenters. The molecule has 0 aromatic heterocycles. The molecule has 2 aromatic carbocycles. The number of phenols is 2. The molecule has 2 N–H and O–H groups in total. The Morgan fingerprint density at radius 2 is 1.54 bits per heavy atom. The molecule has 0 atom stereocenters. The van der Waals surface area contributed by atoms with Crippen LogP contribution in [0.4, 0.5) is 4.39 Å². The quantitative estimate of drug-likeness (QED) is 0.586. The molecular weight excluding hydrogens is 343 g/mol. The molecule has 0 bridgehead atoms. The summed E-state index contributed by atoms with van der Waals surface area (Å²) in [7, 11) is -0.829. The van der Waals surface area contributed by atoms with Gasteiger partial charge in [0.25, 0.3) is 0 Å². The largest absolute Gasteiger partial charge is 0.508 e. The first-order chi connectivity index (χ1) is 12.1. The molecular formula is C22H29FO2Si. The number of fused-ring (bicyclic) bond motifs is 1. The highest BCUT2D eigenvalue weighted by Gasteiger charge is 2.39. The van der Waals surface area contributed by atoms with Crippen molar-refractivity contribution in [2.75, 3.05) is 0 Å². The lowest BCUT2D eigenvalue weighted by Crippen LogP contribution is -2.36. The summed E-state index contributed by atoms with van der Waals surface area (Å²) in [6.07, 6.45) is 0. The summed E-state index contributed by atoms with van der Waals surface area (Å²) in [4.78, 5) is 0. The van der Waals surface area contributed by atoms with E-state index >= 15 is 0 Å². The minimum absolute atomic E-state index is 0.0478. The van der Waals surface area contributed by atoms with Crippen LogP contribution in [0.3, 0.4) is 0 Å². The number of benzene rings is 2. The molecule has 0 aliphatic heterocycles. The zero-order valence-electron chi connectivity index (χ0n) is 16.5. The van der Waals surface area contributed by atoms with Gasteiger partial charge in [-0.15, -0.1) is 5.54 Å². The Balaban J connectivity index is 2.55. The van der Waals surface area contributed by atoms with Crippen molar-refractivity contribution >= 4 is 20.3 Å². The topological polar surface area (TPSA) is 40.5 Å². The van der Waals surface area contributed by atoms with Crippen molar-refractivity contribution in [1.29, 1.82) is 0 Å². The highest BCUT2D eigenvalue weighted by Crippen LogP contribution is 2.49. The average molecular weight is 373 g/mol. The van der Waals surface area contributed by atoms with Gasteiger partial charge in [-0.3, -0.25) is 0 Å². The fourth-order valence-corrected chi connectivity index (χ4v) is 6.22. The van der Waals surface area contributed by atoms with E-state index < -0.39 is 15.3 Å². The number of rotatable bonds is 4. The van der Waals surface area contributed by atoms with Gasteiger partial charge in [0.05, 0.1) is 5.56 Å². The van der Waals surface area contributed by atoms with Crippen LogP contribution in [0.5, 0.6) is 11.5 Å². The van der Waals surface area contributed by atoms with Crippen LogP contribution in [0, 0.1) is 35.0 Å². The second-order valence-electron chi connectivity index (χ2n) is 8.04. The normalized spacial score (nSPS) is 12.5. The molecule has 4 heteroatoms. The van der Waals surface area contributed by atoms with E-state index in [4.69, 9.17) is 0 Å². The van der Waals surface area contributed by atoms with Crippen molar-refractivity contribution in [2.45, 2.75) is 46.6 Å². The molecule has 2 rings (SSSR count). The van der Waals surface area contributed by atoms with E-state index in [0.717, 1.165) is 0 Å². The molecule has 0 spiro atoms. The van der Waals surface area contributed by atoms with Crippen LogP contribution < -0.4 is 0 Å². The summed E-state index contributed by atoms with van der Waals surface area (Å²) in [5, 5.41) is 21.0. The van der Waals surface area contributed by atoms with E-state index in [1.54, 1.807) is 6.07 Å². The van der Waals surface area contributed by atoms with Crippen molar-refractivity contribution in [3.05, 3.63) is 35.6 Å². The molecule has 0 heterocycles. The Morgan fingerprint density at radius 3 is 2.08 bits per heavy atom. The molecule has 0 saturated heterocycles. The highest BCUT2D eigenvalue weighted by atomic mass is 28.2. The standard InChI is InChI=1S/C22H29FO2Si/c1-13(2)22(14(3)4,15(5)6)26-10-9-18-19(23)8-7-16-11-17(24)12-20(25)21(16)18/h7-8,11-15,24-25H,26H2,1-6H3. The van der Waals surface area contributed by atoms with Gasteiger partial charge >= 0.3 is 0 Å². The minimum Gasteiger partial charge on any atom is -0.508 e. The van der Waals surface area contributed by atoms with Crippen LogP contribution in [0.25, 0.3) is 10.8 Å². The van der Waals surface area contributed by atoms with E-state index in [1.165, 1.54) is 18.2 Å². The second kappa shape index (κ2) is 7.71. The molecule has 0 aliphatic rings. The summed E-state index contributed by atoms with van der Waals surface area (Å²) < 4.78 is 14.4. The van der Waals surface area contributed by atoms with E-state index in [0.29, 0.717) is 28.5 Å². The van der Waals surface area contributed by atoms with Crippen LogP contribution in [0.2, 0.25) is 5.04 Å². The van der Waals surface area contributed by atoms with E-state index in [1.807, 2.05) is 0 Å². The first-order valence-corrected chi connectivity index (χ1v) is 10.7. The third-order valence-electron chi connectivity index (χ3n) is 5.86. The van der Waals surface area contributed by atoms with Gasteiger partial charge in [0.1, 0.15) is 26.8 Å². The van der Waals surface area contributed by atoms with E-state index in [9.17, 15) is 14.6 Å². The molecule has 0 aliphatic carbocycles. The van der Waals surface area contributed by atoms with Crippen molar-refractivity contribution in [2.24, 2.45) is 17.8 Å². The van der Waals surface area contributed by atoms with Gasteiger partial charge in [-0.1, -0.05) is 53.5 Å². The molecule has 0 radical (unpaired) electrons. The smallest absolute Gasteiger partial charge is 0.139 e. The lowest BCUT2D eigenvalue weighted by molar-refractivity contribution is 0.233. The van der Waals surface area contributed by atoms with Gasteiger partial charge in [-0.05, 0) is 40.3 Å². The monoisotopic (exact) mass is 372 g/mol. The zero-order valence-corrected chi connectivity index (χ0v) is 17.9. The number of aromatic hydroxyl groups is 2. The Bertz CT molecular complexity index is 838. The Labute approximate surface area is 158 Å². The van der Waals surface area contributed by atoms with Crippen molar-refractivity contribution in [1.82, 2.24) is 0 Å². The summed E-state index contributed by atoms with van der Waals surface area (Å²) in [5.74, 6) is 3.91. The van der Waals surface area contributed by atoms with Gasteiger partial charge in [-0.2, -0.15) is 0 Å². The van der Waals surface area contributed by atoms with Crippen molar-refractivity contribution in [3.63, 3.8) is 0 Å². The van der Waals surface area contributed by atoms with Crippen molar-refractivity contribution in [3.8, 4) is 23.0 Å². The van der Waals surface area contributed by atoms with Gasteiger partial charge in [-0.25, -0.2) is 4.39 Å². The molecule has 0 amide bonds. The Kier molecular flexibility index (Phi) is 6.03. The molecule has 0 fully saturated rings. The third-order valence-corrected chi connectivity index (χ3v) is 9.28. The summed E-state index contributed by atoms with van der Waals surface area (Å²) in [6.45, 7) is 13.5. The molecule has 2 aromatic rings. The molecule has 26 heavy (non-hydrogen) atoms. The molecule has 0 saturated carbocycles. The summed E-state index contributed by atoms with van der Waals surface area (Å²) in [6, 6.07) is 5.63. The van der Waals surface area contributed by atoms with Gasteiger partial charge in [0, 0.05) is 11.5 Å². The highest BCUT2D eigenvalue weighted by molar-refractivity contribution is 6.50. The van der Waals surface area contributed by atoms with Crippen LogP contribution in [0.15, 0.2) is 24.3 Å². The number of halogens is 1. The van der Waals surface area contributed by atoms with Gasteiger partial charge in [0.15, 0.2) is 0 Å². The average Bonchev–Trinajstić information content (AvgIpc) is 2.52. The fraction of sp³-hybridized carbons (Fsp3) is 0.455. The number of hydrogen-bond acceptors (Lipinski definition) is 2. The SMILES string of the molecule is CC(C)C([SiH2]C#Cc1c(F)ccc2cc(O)cc(O)c12)(C(C)C)C(C)C. The van der Waals surface area contributed by atoms with Crippen LogP contribution >= 0.6 is 0 Å². The summed E-state index contributed by atoms with van der Waals surface area (Å²) in [5.41, 5.74) is 3.56. The van der Waals surface area contributed by atoms with E-state index in [2.05, 4.69) is 53.0 Å². The molecule has 140 valence electrons. The van der Waals surface area contributed by atoms with Crippen LogP contribution in [-0.2, 0) is 0 Å². The van der Waals surface area contributed by atoms with Crippen molar-refractivity contribution < 1.29 is 14.6 Å². The first-order valence-electron chi connectivity index (χ1n) is 9.24. The van der Waals surface area contributed by atoms with Crippen LogP contribution in [0.1, 0.15) is 47.1 Å². The zero-order chi connectivity index (χ0) is 19.6. The number of phenolic OH excluding ortho intramolecular Hbond substituents is 2. The maximum atomic E-state index is 14.4. The van der Waals surface area contributed by atoms with Gasteiger partial charge < -0.3 is 10.2 Å².